The van der Waals surface area contributed by atoms with Gasteiger partial charge in [0.2, 0.25) is 0 Å². The lowest BCUT2D eigenvalue weighted by molar-refractivity contribution is -0.385. The highest BCUT2D eigenvalue weighted by atomic mass is 16.6. The molecule has 2 aromatic rings. The van der Waals surface area contributed by atoms with Crippen molar-refractivity contribution in [2.75, 3.05) is 0 Å². The molecule has 0 spiro atoms. The SMILES string of the molecule is [N-]=[N+]=C(C(=O)/C=C/c1ccc([N+](=O)[O-])cc1)C(O)/C=C/c1ccc([N+](=O)[O-])cc1. The summed E-state index contributed by atoms with van der Waals surface area (Å²) >= 11 is 0. The van der Waals surface area contributed by atoms with Crippen LogP contribution in [0.1, 0.15) is 11.1 Å². The third-order valence-corrected chi connectivity index (χ3v) is 3.75. The van der Waals surface area contributed by atoms with Crippen molar-refractivity contribution in [3.05, 3.63) is 97.6 Å². The van der Waals surface area contributed by atoms with Gasteiger partial charge in [0.05, 0.1) is 9.85 Å². The predicted molar refractivity (Wildman–Crippen MR) is 104 cm³/mol. The Bertz CT molecular complexity index is 1040. The van der Waals surface area contributed by atoms with Crippen LogP contribution in [0.15, 0.2) is 60.7 Å². The van der Waals surface area contributed by atoms with E-state index in [-0.39, 0.29) is 11.4 Å². The molecule has 0 aromatic heterocycles. The molecular formula is C19H14N4O6. The number of nitrogens with zero attached hydrogens (tertiary/aromatic N) is 4. The minimum absolute atomic E-state index is 0.0909. The lowest BCUT2D eigenvalue weighted by Crippen LogP contribution is -2.26. The molecule has 2 rings (SSSR count). The van der Waals surface area contributed by atoms with Crippen molar-refractivity contribution in [3.8, 4) is 0 Å². The summed E-state index contributed by atoms with van der Waals surface area (Å²) in [5, 5.41) is 31.3. The van der Waals surface area contributed by atoms with Gasteiger partial charge in [-0.05, 0) is 47.5 Å². The minimum Gasteiger partial charge on any atom is -0.377 e. The minimum atomic E-state index is -1.52. The maximum absolute atomic E-state index is 12.1. The molecule has 10 nitrogen and oxygen atoms in total. The zero-order chi connectivity index (χ0) is 21.4. The number of aliphatic hydroxyl groups is 1. The van der Waals surface area contributed by atoms with E-state index in [0.717, 1.165) is 6.08 Å². The van der Waals surface area contributed by atoms with Crippen LogP contribution in [0.5, 0.6) is 0 Å². The van der Waals surface area contributed by atoms with E-state index in [1.54, 1.807) is 0 Å². The Morgan fingerprint density at radius 2 is 1.38 bits per heavy atom. The summed E-state index contributed by atoms with van der Waals surface area (Å²) in [5.74, 6) is -0.772. The van der Waals surface area contributed by atoms with Crippen molar-refractivity contribution in [3.63, 3.8) is 0 Å². The number of allylic oxidation sites excluding steroid dienone is 1. The molecule has 0 saturated heterocycles. The standard InChI is InChI=1S/C19H14N4O6/c20-21-19(17(24)11-5-13-1-7-15(8-2-13)22(26)27)18(25)12-6-14-3-9-16(10-4-14)23(28)29/h1-12,17,24H/b11-5+,12-6+. The van der Waals surface area contributed by atoms with E-state index < -0.39 is 27.4 Å². The van der Waals surface area contributed by atoms with Crippen molar-refractivity contribution in [1.82, 2.24) is 0 Å². The average Bonchev–Trinajstić information content (AvgIpc) is 2.71. The smallest absolute Gasteiger partial charge is 0.370 e. The number of rotatable bonds is 8. The molecule has 0 radical (unpaired) electrons. The molecule has 0 bridgehead atoms. The Morgan fingerprint density at radius 1 is 0.931 bits per heavy atom. The summed E-state index contributed by atoms with van der Waals surface area (Å²) in [5.41, 5.74) is 9.34. The van der Waals surface area contributed by atoms with Gasteiger partial charge in [-0.1, -0.05) is 12.2 Å². The number of ketones is 1. The average molecular weight is 394 g/mol. The van der Waals surface area contributed by atoms with E-state index >= 15 is 0 Å². The number of nitro benzene ring substituents is 2. The number of benzene rings is 2. The van der Waals surface area contributed by atoms with Gasteiger partial charge in [0.25, 0.3) is 17.2 Å². The Labute approximate surface area is 164 Å². The Kier molecular flexibility index (Phi) is 6.97. The van der Waals surface area contributed by atoms with E-state index in [1.165, 1.54) is 66.8 Å². The first-order chi connectivity index (χ1) is 13.8. The third kappa shape index (κ3) is 5.86. The molecule has 1 unspecified atom stereocenters. The van der Waals surface area contributed by atoms with E-state index in [9.17, 15) is 30.1 Å². The zero-order valence-electron chi connectivity index (χ0n) is 14.8. The molecule has 0 fully saturated rings. The van der Waals surface area contributed by atoms with Crippen LogP contribution in [0.25, 0.3) is 17.7 Å². The molecule has 1 N–H and O–H groups in total. The number of hydrogen-bond acceptors (Lipinski definition) is 6. The Hall–Kier alpha value is -4.27. The van der Waals surface area contributed by atoms with E-state index in [1.807, 2.05) is 0 Å². The van der Waals surface area contributed by atoms with Gasteiger partial charge in [-0.3, -0.25) is 25.0 Å². The molecule has 1 atom stereocenters. The molecule has 2 aromatic carbocycles. The Balaban J connectivity index is 2.06. The highest BCUT2D eigenvalue weighted by Crippen LogP contribution is 2.14. The number of hydrogen-bond donors (Lipinski definition) is 1. The second-order valence-corrected chi connectivity index (χ2v) is 5.68. The summed E-state index contributed by atoms with van der Waals surface area (Å²) in [6.07, 6.45) is 3.48. The number of aliphatic hydroxyl groups excluding tert-OH is 1. The number of carbonyl (C=O) groups is 1. The van der Waals surface area contributed by atoms with Crippen molar-refractivity contribution in [1.29, 1.82) is 0 Å². The first kappa shape index (κ1) is 21.0. The van der Waals surface area contributed by atoms with Gasteiger partial charge in [0, 0.05) is 24.3 Å². The maximum atomic E-state index is 12.1. The van der Waals surface area contributed by atoms with Gasteiger partial charge in [0.1, 0.15) is 0 Å². The molecule has 29 heavy (non-hydrogen) atoms. The second-order valence-electron chi connectivity index (χ2n) is 5.68. The molecule has 0 amide bonds. The fourth-order valence-electron chi connectivity index (χ4n) is 2.22. The summed E-state index contributed by atoms with van der Waals surface area (Å²) in [7, 11) is 0. The van der Waals surface area contributed by atoms with Gasteiger partial charge < -0.3 is 10.6 Å². The fourth-order valence-corrected chi connectivity index (χ4v) is 2.22. The van der Waals surface area contributed by atoms with Crippen LogP contribution < -0.4 is 0 Å². The van der Waals surface area contributed by atoms with E-state index in [0.29, 0.717) is 11.1 Å². The molecule has 0 heterocycles. The van der Waals surface area contributed by atoms with Crippen LogP contribution in [0.2, 0.25) is 0 Å². The van der Waals surface area contributed by atoms with Crippen molar-refractivity contribution in [2.45, 2.75) is 6.10 Å². The molecule has 0 aliphatic heterocycles. The lowest BCUT2D eigenvalue weighted by Gasteiger charge is -1.99. The van der Waals surface area contributed by atoms with Crippen LogP contribution in [-0.4, -0.2) is 37.3 Å². The van der Waals surface area contributed by atoms with Crippen LogP contribution in [0.3, 0.4) is 0 Å². The third-order valence-electron chi connectivity index (χ3n) is 3.75. The Morgan fingerprint density at radius 3 is 1.79 bits per heavy atom. The molecular weight excluding hydrogens is 380 g/mol. The van der Waals surface area contributed by atoms with Gasteiger partial charge >= 0.3 is 5.71 Å². The first-order valence-electron chi connectivity index (χ1n) is 8.11. The molecule has 0 aliphatic rings. The van der Waals surface area contributed by atoms with Crippen LogP contribution >= 0.6 is 0 Å². The quantitative estimate of drug-likeness (QED) is 0.181. The van der Waals surface area contributed by atoms with Gasteiger partial charge in [-0.15, -0.1) is 0 Å². The summed E-state index contributed by atoms with van der Waals surface area (Å²) in [6, 6.07) is 10.9. The largest absolute Gasteiger partial charge is 0.377 e. The molecule has 0 saturated carbocycles. The summed E-state index contributed by atoms with van der Waals surface area (Å²) in [4.78, 5) is 35.1. The molecule has 10 heteroatoms. The van der Waals surface area contributed by atoms with Crippen LogP contribution in [-0.2, 0) is 4.79 Å². The van der Waals surface area contributed by atoms with Crippen molar-refractivity contribution < 1.29 is 24.5 Å². The van der Waals surface area contributed by atoms with E-state index in [4.69, 9.17) is 5.53 Å². The highest BCUT2D eigenvalue weighted by Gasteiger charge is 2.25. The molecule has 0 aliphatic carbocycles. The van der Waals surface area contributed by atoms with Gasteiger partial charge in [-0.2, -0.15) is 4.79 Å². The predicted octanol–water partition coefficient (Wildman–Crippen LogP) is 2.83. The summed E-state index contributed by atoms with van der Waals surface area (Å²) in [6.45, 7) is 0. The topological polar surface area (TPSA) is 160 Å². The normalized spacial score (nSPS) is 11.9. The highest BCUT2D eigenvalue weighted by molar-refractivity contribution is 6.44. The number of nitro groups is 2. The van der Waals surface area contributed by atoms with Crippen molar-refractivity contribution in [2.24, 2.45) is 0 Å². The maximum Gasteiger partial charge on any atom is 0.370 e. The van der Waals surface area contributed by atoms with Gasteiger partial charge in [-0.25, -0.2) is 0 Å². The lowest BCUT2D eigenvalue weighted by atomic mass is 10.1. The fraction of sp³-hybridized carbons (Fsp3) is 0.0526. The van der Waals surface area contributed by atoms with Crippen molar-refractivity contribution >= 4 is 35.0 Å². The summed E-state index contributed by atoms with van der Waals surface area (Å²) < 4.78 is 0. The monoisotopic (exact) mass is 394 g/mol. The van der Waals surface area contributed by atoms with Crippen LogP contribution in [0.4, 0.5) is 11.4 Å². The second kappa shape index (κ2) is 9.60. The number of non-ortho nitro benzene ring substituents is 2. The van der Waals surface area contributed by atoms with E-state index in [2.05, 4.69) is 4.79 Å². The zero-order valence-corrected chi connectivity index (χ0v) is 14.8. The number of carbonyl (C=O) groups excluding carboxylic acids is 1. The van der Waals surface area contributed by atoms with Gasteiger partial charge in [0.15, 0.2) is 6.10 Å². The first-order valence-corrected chi connectivity index (χ1v) is 8.11. The molecule has 146 valence electrons. The van der Waals surface area contributed by atoms with Crippen LogP contribution in [0, 0.1) is 20.2 Å².